The summed E-state index contributed by atoms with van der Waals surface area (Å²) in [6.07, 6.45) is 0. The van der Waals surface area contributed by atoms with Crippen LogP contribution in [0.5, 0.6) is 0 Å². The molecule has 0 aliphatic carbocycles. The van der Waals surface area contributed by atoms with Gasteiger partial charge in [0.15, 0.2) is 0 Å². The minimum absolute atomic E-state index is 0. The standard InChI is InChI=1S/C12H21N4.3ClH/c1-16(2)7-5-15(6-8-16)12-9-10(13)3-4-11(12)14;;;/h3-4,9H,5-8,13-14H2,1-2H3;3*1H/q+1;;;/p-1. The molecule has 1 aromatic rings. The number of benzene rings is 1. The van der Waals surface area contributed by atoms with Crippen molar-refractivity contribution in [3.8, 4) is 0 Å². The zero-order valence-corrected chi connectivity index (χ0v) is 13.7. The van der Waals surface area contributed by atoms with Gasteiger partial charge in [-0.25, -0.2) is 0 Å². The Bertz CT molecular complexity index is 389. The van der Waals surface area contributed by atoms with Crippen molar-refractivity contribution in [1.82, 2.24) is 0 Å². The Kier molecular flexibility index (Phi) is 8.63. The second-order valence-electron chi connectivity index (χ2n) is 5.19. The van der Waals surface area contributed by atoms with Crippen LogP contribution in [0, 0.1) is 0 Å². The van der Waals surface area contributed by atoms with Crippen LogP contribution in [0.1, 0.15) is 0 Å². The van der Waals surface area contributed by atoms with Crippen molar-refractivity contribution in [3.05, 3.63) is 18.2 Å². The summed E-state index contributed by atoms with van der Waals surface area (Å²) in [6.45, 7) is 4.38. The molecule has 0 unspecified atom stereocenters. The molecule has 4 nitrogen and oxygen atoms in total. The number of nitrogen functional groups attached to an aromatic ring is 2. The van der Waals surface area contributed by atoms with E-state index in [2.05, 4.69) is 19.0 Å². The first-order chi connectivity index (χ1) is 7.48. The first-order valence-corrected chi connectivity index (χ1v) is 5.70. The van der Waals surface area contributed by atoms with Gasteiger partial charge in [0.2, 0.25) is 0 Å². The highest BCUT2D eigenvalue weighted by atomic mass is 35.5. The summed E-state index contributed by atoms with van der Waals surface area (Å²) in [5.41, 5.74) is 14.5. The number of nitrogens with zero attached hydrogens (tertiary/aromatic N) is 2. The summed E-state index contributed by atoms with van der Waals surface area (Å²) >= 11 is 0. The maximum absolute atomic E-state index is 5.99. The zero-order chi connectivity index (χ0) is 11.8. The topological polar surface area (TPSA) is 55.3 Å². The average Bonchev–Trinajstić information content (AvgIpc) is 2.22. The fraction of sp³-hybridized carbons (Fsp3) is 0.500. The van der Waals surface area contributed by atoms with Crippen molar-refractivity contribution >= 4 is 41.9 Å². The second-order valence-corrected chi connectivity index (χ2v) is 5.19. The van der Waals surface area contributed by atoms with Gasteiger partial charge in [-0.3, -0.25) is 0 Å². The third-order valence-corrected chi connectivity index (χ3v) is 3.35. The maximum atomic E-state index is 5.99. The Morgan fingerprint density at radius 1 is 1.05 bits per heavy atom. The van der Waals surface area contributed by atoms with E-state index in [-0.39, 0.29) is 37.2 Å². The van der Waals surface area contributed by atoms with Gasteiger partial charge < -0.3 is 33.3 Å². The Balaban J connectivity index is 0. The summed E-state index contributed by atoms with van der Waals surface area (Å²) in [6, 6.07) is 5.71. The van der Waals surface area contributed by atoms with E-state index in [0.717, 1.165) is 47.7 Å². The molecule has 4 N–H and O–H groups in total. The number of likely N-dealkylation sites (N-methyl/N-ethyl adjacent to an activating group) is 1. The second kappa shape index (κ2) is 7.90. The lowest BCUT2D eigenvalue weighted by molar-refractivity contribution is -0.890. The van der Waals surface area contributed by atoms with Gasteiger partial charge in [0.1, 0.15) is 0 Å². The Hall–Kier alpha value is -0.550. The monoisotopic (exact) mass is 328 g/mol. The maximum Gasteiger partial charge on any atom is 0.0961 e. The first-order valence-electron chi connectivity index (χ1n) is 5.70. The van der Waals surface area contributed by atoms with Gasteiger partial charge in [-0.15, -0.1) is 24.8 Å². The smallest absolute Gasteiger partial charge is 0.0961 e. The van der Waals surface area contributed by atoms with Crippen molar-refractivity contribution in [1.29, 1.82) is 0 Å². The van der Waals surface area contributed by atoms with Crippen LogP contribution in [0.2, 0.25) is 0 Å². The molecule has 2 rings (SSSR count). The number of halogens is 3. The van der Waals surface area contributed by atoms with E-state index in [1.165, 1.54) is 0 Å². The first kappa shape index (κ1) is 20.8. The SMILES string of the molecule is C[N+]1(C)CCN(c2cc(N)ccc2N)CC1.Cl.Cl.[Cl-]. The molecule has 7 heteroatoms. The van der Waals surface area contributed by atoms with E-state index in [1.54, 1.807) is 0 Å². The lowest BCUT2D eigenvalue weighted by Gasteiger charge is -2.40. The Morgan fingerprint density at radius 3 is 2.11 bits per heavy atom. The fourth-order valence-corrected chi connectivity index (χ4v) is 2.08. The fourth-order valence-electron chi connectivity index (χ4n) is 2.08. The predicted octanol–water partition coefficient (Wildman–Crippen LogP) is -1.40. The number of anilines is 3. The van der Waals surface area contributed by atoms with Gasteiger partial charge in [-0.2, -0.15) is 0 Å². The largest absolute Gasteiger partial charge is 1.00 e. The van der Waals surface area contributed by atoms with Gasteiger partial charge in [0, 0.05) is 5.69 Å². The van der Waals surface area contributed by atoms with Crippen molar-refractivity contribution in [2.75, 3.05) is 56.6 Å². The molecule has 19 heavy (non-hydrogen) atoms. The number of nitrogens with two attached hydrogens (primary N) is 2. The van der Waals surface area contributed by atoms with E-state index in [9.17, 15) is 0 Å². The summed E-state index contributed by atoms with van der Waals surface area (Å²) in [5.74, 6) is 0. The number of hydrogen-bond donors (Lipinski definition) is 2. The molecule has 0 aromatic heterocycles. The highest BCUT2D eigenvalue weighted by molar-refractivity contribution is 5.85. The van der Waals surface area contributed by atoms with Crippen LogP contribution >= 0.6 is 24.8 Å². The van der Waals surface area contributed by atoms with Crippen LogP contribution in [-0.2, 0) is 0 Å². The average molecular weight is 330 g/mol. The summed E-state index contributed by atoms with van der Waals surface area (Å²) in [5, 5.41) is 0. The molecule has 0 bridgehead atoms. The molecule has 0 amide bonds. The molecule has 0 spiro atoms. The van der Waals surface area contributed by atoms with Crippen LogP contribution in [0.4, 0.5) is 17.1 Å². The molecular weight excluding hydrogens is 307 g/mol. The molecule has 1 fully saturated rings. The highest BCUT2D eigenvalue weighted by Crippen LogP contribution is 2.27. The number of piperazine rings is 1. The molecule has 1 aliphatic rings. The molecule has 1 aromatic carbocycles. The Morgan fingerprint density at radius 2 is 1.58 bits per heavy atom. The van der Waals surface area contributed by atoms with Crippen molar-refractivity contribution < 1.29 is 16.9 Å². The lowest BCUT2D eigenvalue weighted by Crippen LogP contribution is -3.00. The van der Waals surface area contributed by atoms with Crippen molar-refractivity contribution in [3.63, 3.8) is 0 Å². The van der Waals surface area contributed by atoms with Crippen LogP contribution < -0.4 is 28.8 Å². The number of rotatable bonds is 1. The van der Waals surface area contributed by atoms with Crippen LogP contribution in [0.3, 0.4) is 0 Å². The molecule has 112 valence electrons. The molecule has 0 atom stereocenters. The normalized spacial score (nSPS) is 16.6. The zero-order valence-electron chi connectivity index (χ0n) is 11.3. The molecule has 1 saturated heterocycles. The summed E-state index contributed by atoms with van der Waals surface area (Å²) in [4.78, 5) is 2.33. The minimum Gasteiger partial charge on any atom is -1.00 e. The van der Waals surface area contributed by atoms with E-state index in [4.69, 9.17) is 11.5 Å². The van der Waals surface area contributed by atoms with Gasteiger partial charge in [0.05, 0.1) is 51.6 Å². The van der Waals surface area contributed by atoms with Crippen LogP contribution in [-0.4, -0.2) is 44.8 Å². The number of hydrogen-bond acceptors (Lipinski definition) is 3. The van der Waals surface area contributed by atoms with Gasteiger partial charge in [-0.05, 0) is 18.2 Å². The van der Waals surface area contributed by atoms with Crippen LogP contribution in [0.25, 0.3) is 0 Å². The van der Waals surface area contributed by atoms with Crippen LogP contribution in [0.15, 0.2) is 18.2 Å². The van der Waals surface area contributed by atoms with E-state index < -0.39 is 0 Å². The lowest BCUT2D eigenvalue weighted by atomic mass is 10.2. The third kappa shape index (κ3) is 5.15. The third-order valence-electron chi connectivity index (χ3n) is 3.35. The van der Waals surface area contributed by atoms with Crippen molar-refractivity contribution in [2.24, 2.45) is 0 Å². The molecule has 0 saturated carbocycles. The molecule has 1 heterocycles. The predicted molar refractivity (Wildman–Crippen MR) is 83.8 cm³/mol. The summed E-state index contributed by atoms with van der Waals surface area (Å²) in [7, 11) is 4.53. The van der Waals surface area contributed by atoms with E-state index in [0.29, 0.717) is 0 Å². The number of quaternary nitrogens is 1. The van der Waals surface area contributed by atoms with Crippen molar-refractivity contribution in [2.45, 2.75) is 0 Å². The van der Waals surface area contributed by atoms with E-state index >= 15 is 0 Å². The highest BCUT2D eigenvalue weighted by Gasteiger charge is 2.25. The minimum atomic E-state index is 0. The van der Waals surface area contributed by atoms with Gasteiger partial charge in [0.25, 0.3) is 0 Å². The quantitative estimate of drug-likeness (QED) is 0.492. The molecular formula is C12H23Cl3N4. The van der Waals surface area contributed by atoms with E-state index in [1.807, 2.05) is 18.2 Å². The molecule has 1 aliphatic heterocycles. The molecule has 0 radical (unpaired) electrons. The summed E-state index contributed by atoms with van der Waals surface area (Å²) < 4.78 is 1.08. The van der Waals surface area contributed by atoms with Gasteiger partial charge >= 0.3 is 0 Å². The Labute approximate surface area is 133 Å². The van der Waals surface area contributed by atoms with Gasteiger partial charge in [-0.1, -0.05) is 0 Å².